The zero-order valence-corrected chi connectivity index (χ0v) is 13.7. The number of rotatable bonds is 8. The smallest absolute Gasteiger partial charge is 0.0803 e. The van der Waals surface area contributed by atoms with E-state index in [1.165, 1.54) is 16.7 Å². The van der Waals surface area contributed by atoms with Gasteiger partial charge in [0.25, 0.3) is 0 Å². The molecule has 0 unspecified atom stereocenters. The molecule has 1 nitrogen and oxygen atoms in total. The predicted octanol–water partition coefficient (Wildman–Crippen LogP) is 5.65. The van der Waals surface area contributed by atoms with Crippen LogP contribution in [-0.2, 0) is 11.2 Å². The van der Waals surface area contributed by atoms with Gasteiger partial charge in [0, 0.05) is 0 Å². The van der Waals surface area contributed by atoms with E-state index in [0.29, 0.717) is 0 Å². The van der Waals surface area contributed by atoms with E-state index in [0.717, 1.165) is 19.3 Å². The molecule has 0 aliphatic carbocycles. The van der Waals surface area contributed by atoms with Gasteiger partial charge in [-0.15, -0.1) is 6.58 Å². The first-order chi connectivity index (χ1) is 10.7. The fourth-order valence-corrected chi connectivity index (χ4v) is 2.80. The molecule has 0 aliphatic rings. The average molecular weight is 294 g/mol. The SMILES string of the molecule is C=CC[C@H](CCc1ccccc1)O[C@H](C)c1ccccc1C. The van der Waals surface area contributed by atoms with E-state index in [4.69, 9.17) is 4.74 Å². The molecule has 0 radical (unpaired) electrons. The molecule has 0 fully saturated rings. The minimum atomic E-state index is 0.113. The number of ether oxygens (including phenoxy) is 1. The van der Waals surface area contributed by atoms with Crippen molar-refractivity contribution >= 4 is 0 Å². The Balaban J connectivity index is 1.96. The molecule has 0 saturated carbocycles. The highest BCUT2D eigenvalue weighted by molar-refractivity contribution is 5.27. The first-order valence-electron chi connectivity index (χ1n) is 8.06. The lowest BCUT2D eigenvalue weighted by Gasteiger charge is -2.23. The molecule has 0 spiro atoms. The zero-order valence-electron chi connectivity index (χ0n) is 13.7. The third kappa shape index (κ3) is 4.85. The third-order valence-corrected chi connectivity index (χ3v) is 4.05. The number of hydrogen-bond donors (Lipinski definition) is 0. The maximum atomic E-state index is 6.31. The Bertz CT molecular complexity index is 573. The Morgan fingerprint density at radius 1 is 1.05 bits per heavy atom. The summed E-state index contributed by atoms with van der Waals surface area (Å²) in [4.78, 5) is 0. The molecule has 2 aromatic rings. The van der Waals surface area contributed by atoms with E-state index < -0.39 is 0 Å². The molecule has 2 rings (SSSR count). The first kappa shape index (κ1) is 16.5. The zero-order chi connectivity index (χ0) is 15.8. The van der Waals surface area contributed by atoms with Gasteiger partial charge in [0.05, 0.1) is 12.2 Å². The topological polar surface area (TPSA) is 9.23 Å². The predicted molar refractivity (Wildman–Crippen MR) is 94.0 cm³/mol. The molecular formula is C21H26O. The van der Waals surface area contributed by atoms with Gasteiger partial charge in [0.2, 0.25) is 0 Å². The van der Waals surface area contributed by atoms with Gasteiger partial charge in [0.1, 0.15) is 0 Å². The minimum absolute atomic E-state index is 0.113. The van der Waals surface area contributed by atoms with Gasteiger partial charge in [-0.3, -0.25) is 0 Å². The minimum Gasteiger partial charge on any atom is -0.370 e. The van der Waals surface area contributed by atoms with Gasteiger partial charge in [-0.25, -0.2) is 0 Å². The van der Waals surface area contributed by atoms with Crippen molar-refractivity contribution in [2.24, 2.45) is 0 Å². The van der Waals surface area contributed by atoms with Crippen molar-refractivity contribution in [2.75, 3.05) is 0 Å². The summed E-state index contributed by atoms with van der Waals surface area (Å²) in [5.74, 6) is 0. The van der Waals surface area contributed by atoms with Gasteiger partial charge in [-0.1, -0.05) is 60.7 Å². The van der Waals surface area contributed by atoms with Crippen LogP contribution in [-0.4, -0.2) is 6.10 Å². The third-order valence-electron chi connectivity index (χ3n) is 4.05. The lowest BCUT2D eigenvalue weighted by atomic mass is 10.0. The molecule has 116 valence electrons. The first-order valence-corrected chi connectivity index (χ1v) is 8.06. The van der Waals surface area contributed by atoms with Gasteiger partial charge in [-0.05, 0) is 49.8 Å². The van der Waals surface area contributed by atoms with Crippen molar-refractivity contribution in [3.8, 4) is 0 Å². The van der Waals surface area contributed by atoms with Crippen LogP contribution < -0.4 is 0 Å². The summed E-state index contributed by atoms with van der Waals surface area (Å²) >= 11 is 0. The summed E-state index contributed by atoms with van der Waals surface area (Å²) in [7, 11) is 0. The van der Waals surface area contributed by atoms with Crippen LogP contribution >= 0.6 is 0 Å². The highest BCUT2D eigenvalue weighted by Crippen LogP contribution is 2.24. The molecule has 0 aromatic heterocycles. The molecule has 2 aromatic carbocycles. The van der Waals surface area contributed by atoms with Gasteiger partial charge in [0.15, 0.2) is 0 Å². The van der Waals surface area contributed by atoms with E-state index in [1.807, 2.05) is 6.08 Å². The van der Waals surface area contributed by atoms with E-state index >= 15 is 0 Å². The highest BCUT2D eigenvalue weighted by atomic mass is 16.5. The summed E-state index contributed by atoms with van der Waals surface area (Å²) in [6.07, 6.45) is 5.24. The van der Waals surface area contributed by atoms with E-state index in [9.17, 15) is 0 Å². The van der Waals surface area contributed by atoms with E-state index in [2.05, 4.69) is 75.0 Å². The summed E-state index contributed by atoms with van der Waals surface area (Å²) < 4.78 is 6.31. The molecular weight excluding hydrogens is 268 g/mol. The normalized spacial score (nSPS) is 13.5. The molecule has 0 bridgehead atoms. The second kappa shape index (κ2) is 8.55. The number of aryl methyl sites for hydroxylation is 2. The number of hydrogen-bond acceptors (Lipinski definition) is 1. The quantitative estimate of drug-likeness (QED) is 0.572. The molecule has 2 atom stereocenters. The van der Waals surface area contributed by atoms with E-state index in [-0.39, 0.29) is 12.2 Å². The number of benzene rings is 2. The fraction of sp³-hybridized carbons (Fsp3) is 0.333. The Hall–Kier alpha value is -1.86. The van der Waals surface area contributed by atoms with Crippen LogP contribution in [0.2, 0.25) is 0 Å². The summed E-state index contributed by atoms with van der Waals surface area (Å²) in [6, 6.07) is 19.0. The lowest BCUT2D eigenvalue weighted by Crippen LogP contribution is -2.16. The van der Waals surface area contributed by atoms with Crippen LogP contribution in [0.25, 0.3) is 0 Å². The second-order valence-corrected chi connectivity index (χ2v) is 5.81. The fourth-order valence-electron chi connectivity index (χ4n) is 2.80. The second-order valence-electron chi connectivity index (χ2n) is 5.81. The average Bonchev–Trinajstić information content (AvgIpc) is 2.54. The molecule has 0 N–H and O–H groups in total. The van der Waals surface area contributed by atoms with Gasteiger partial charge < -0.3 is 4.74 Å². The maximum Gasteiger partial charge on any atom is 0.0803 e. The van der Waals surface area contributed by atoms with Crippen molar-refractivity contribution in [2.45, 2.75) is 45.3 Å². The largest absolute Gasteiger partial charge is 0.370 e. The monoisotopic (exact) mass is 294 g/mol. The van der Waals surface area contributed by atoms with Crippen molar-refractivity contribution < 1.29 is 4.74 Å². The van der Waals surface area contributed by atoms with Crippen LogP contribution in [0.15, 0.2) is 67.3 Å². The van der Waals surface area contributed by atoms with Gasteiger partial charge in [-0.2, -0.15) is 0 Å². The molecule has 22 heavy (non-hydrogen) atoms. The summed E-state index contributed by atoms with van der Waals surface area (Å²) in [5.41, 5.74) is 3.93. The highest BCUT2D eigenvalue weighted by Gasteiger charge is 2.15. The van der Waals surface area contributed by atoms with Crippen LogP contribution in [0.5, 0.6) is 0 Å². The van der Waals surface area contributed by atoms with Crippen LogP contribution in [0, 0.1) is 6.92 Å². The maximum absolute atomic E-state index is 6.31. The Morgan fingerprint density at radius 2 is 1.73 bits per heavy atom. The molecule has 0 saturated heterocycles. The Morgan fingerprint density at radius 3 is 2.41 bits per heavy atom. The summed E-state index contributed by atoms with van der Waals surface area (Å²) in [5, 5.41) is 0. The standard InChI is InChI=1S/C21H26O/c1-4-10-20(16-15-19-12-6-5-7-13-19)22-18(3)21-14-9-8-11-17(21)2/h4-9,11-14,18,20H,1,10,15-16H2,2-3H3/t18-,20-/m1/s1. The van der Waals surface area contributed by atoms with Crippen molar-refractivity contribution in [1.82, 2.24) is 0 Å². The molecule has 0 heterocycles. The van der Waals surface area contributed by atoms with Crippen molar-refractivity contribution in [3.63, 3.8) is 0 Å². The molecule has 0 aliphatic heterocycles. The lowest BCUT2D eigenvalue weighted by molar-refractivity contribution is -0.00611. The Labute approximate surface area is 134 Å². The van der Waals surface area contributed by atoms with Crippen LogP contribution in [0.1, 0.15) is 42.6 Å². The van der Waals surface area contributed by atoms with Gasteiger partial charge >= 0.3 is 0 Å². The van der Waals surface area contributed by atoms with Crippen LogP contribution in [0.3, 0.4) is 0 Å². The molecule has 1 heteroatoms. The van der Waals surface area contributed by atoms with Crippen molar-refractivity contribution in [1.29, 1.82) is 0 Å². The Kier molecular flexibility index (Phi) is 6.42. The molecule has 0 amide bonds. The van der Waals surface area contributed by atoms with E-state index in [1.54, 1.807) is 0 Å². The van der Waals surface area contributed by atoms with Crippen LogP contribution in [0.4, 0.5) is 0 Å². The van der Waals surface area contributed by atoms with Crippen molar-refractivity contribution in [3.05, 3.63) is 83.9 Å². The summed E-state index contributed by atoms with van der Waals surface area (Å²) in [6.45, 7) is 8.15.